The number of carbonyl (C=O) groups is 1. The minimum atomic E-state index is 0.0135. The zero-order chi connectivity index (χ0) is 23.4. The molecule has 0 heterocycles. The van der Waals surface area contributed by atoms with Gasteiger partial charge in [-0.3, -0.25) is 4.79 Å². The van der Waals surface area contributed by atoms with Crippen molar-refractivity contribution < 1.29 is 9.53 Å². The first-order valence-corrected chi connectivity index (χ1v) is 14.6. The van der Waals surface area contributed by atoms with Gasteiger partial charge in [0.2, 0.25) is 0 Å². The Hall–Kier alpha value is -0.790. The van der Waals surface area contributed by atoms with Gasteiger partial charge in [-0.25, -0.2) is 0 Å². The molecule has 32 heavy (non-hydrogen) atoms. The third-order valence-corrected chi connectivity index (χ3v) is 6.40. The van der Waals surface area contributed by atoms with Crippen molar-refractivity contribution in [1.82, 2.24) is 0 Å². The van der Waals surface area contributed by atoms with Crippen LogP contribution in [0.25, 0.3) is 0 Å². The van der Waals surface area contributed by atoms with E-state index in [-0.39, 0.29) is 5.97 Å². The summed E-state index contributed by atoms with van der Waals surface area (Å²) in [6.45, 7) is 5.14. The van der Waals surface area contributed by atoms with Gasteiger partial charge in [-0.2, -0.15) is 0 Å². The molecule has 0 aliphatic carbocycles. The van der Waals surface area contributed by atoms with Crippen LogP contribution in [0.15, 0.2) is 12.2 Å². The van der Waals surface area contributed by atoms with E-state index in [1.807, 2.05) is 0 Å². The number of esters is 1. The molecule has 0 radical (unpaired) electrons. The molecule has 0 spiro atoms. The Kier molecular flexibility index (Phi) is 27.5. The van der Waals surface area contributed by atoms with Crippen molar-refractivity contribution in [3.63, 3.8) is 0 Å². The molecule has 0 N–H and O–H groups in total. The van der Waals surface area contributed by atoms with Crippen molar-refractivity contribution in [2.24, 2.45) is 0 Å². The number of rotatable bonds is 26. The lowest BCUT2D eigenvalue weighted by atomic mass is 10.1. The van der Waals surface area contributed by atoms with Crippen LogP contribution >= 0.6 is 0 Å². The summed E-state index contributed by atoms with van der Waals surface area (Å²) in [6, 6.07) is 0. The SMILES string of the molecule is CCCCCCCCC=CCCCCCCCCCCCC(=O)OCCCCCCCC. The van der Waals surface area contributed by atoms with Gasteiger partial charge in [-0.15, -0.1) is 0 Å². The van der Waals surface area contributed by atoms with Crippen LogP contribution < -0.4 is 0 Å². The Morgan fingerprint density at radius 1 is 0.500 bits per heavy atom. The molecule has 0 aromatic heterocycles. The van der Waals surface area contributed by atoms with E-state index in [0.29, 0.717) is 13.0 Å². The van der Waals surface area contributed by atoms with Crippen LogP contribution in [-0.4, -0.2) is 12.6 Å². The van der Waals surface area contributed by atoms with E-state index >= 15 is 0 Å². The number of carbonyl (C=O) groups excluding carboxylic acids is 1. The molecule has 2 nitrogen and oxygen atoms in total. The molecule has 190 valence electrons. The molecule has 0 saturated heterocycles. The van der Waals surface area contributed by atoms with Crippen molar-refractivity contribution >= 4 is 5.97 Å². The highest BCUT2D eigenvalue weighted by Crippen LogP contribution is 2.13. The Labute approximate surface area is 202 Å². The lowest BCUT2D eigenvalue weighted by molar-refractivity contribution is -0.143. The minimum Gasteiger partial charge on any atom is -0.466 e. The molecule has 0 aromatic carbocycles. The summed E-state index contributed by atoms with van der Waals surface area (Å²) in [6.07, 6.45) is 35.4. The Balaban J connectivity index is 3.17. The quantitative estimate of drug-likeness (QED) is 0.0744. The van der Waals surface area contributed by atoms with Crippen molar-refractivity contribution in [2.75, 3.05) is 6.61 Å². The van der Waals surface area contributed by atoms with Crippen LogP contribution in [0.4, 0.5) is 0 Å². The predicted molar refractivity (Wildman–Crippen MR) is 142 cm³/mol. The topological polar surface area (TPSA) is 26.3 Å². The fourth-order valence-corrected chi connectivity index (χ4v) is 4.19. The third kappa shape index (κ3) is 27.2. The van der Waals surface area contributed by atoms with Gasteiger partial charge in [-0.1, -0.05) is 135 Å². The van der Waals surface area contributed by atoms with E-state index in [9.17, 15) is 4.79 Å². The van der Waals surface area contributed by atoms with E-state index in [1.54, 1.807) is 0 Å². The Morgan fingerprint density at radius 3 is 1.34 bits per heavy atom. The molecular formula is C30H58O2. The summed E-state index contributed by atoms with van der Waals surface area (Å²) in [5, 5.41) is 0. The van der Waals surface area contributed by atoms with Gasteiger partial charge in [-0.05, 0) is 38.5 Å². The second-order valence-corrected chi connectivity index (χ2v) is 9.74. The van der Waals surface area contributed by atoms with Gasteiger partial charge < -0.3 is 4.74 Å². The normalized spacial score (nSPS) is 11.4. The standard InChI is InChI=1S/C30H58O2/c1-3-5-7-9-11-12-13-14-15-16-17-18-19-20-21-22-23-24-26-28-30(31)32-29-27-25-10-8-6-4-2/h14-15H,3-13,16-29H2,1-2H3. The molecule has 0 aliphatic rings. The smallest absolute Gasteiger partial charge is 0.305 e. The van der Waals surface area contributed by atoms with Crippen LogP contribution in [0.5, 0.6) is 0 Å². The summed E-state index contributed by atoms with van der Waals surface area (Å²) in [7, 11) is 0. The maximum absolute atomic E-state index is 11.7. The van der Waals surface area contributed by atoms with Crippen LogP contribution in [0.1, 0.15) is 168 Å². The molecule has 2 heteroatoms. The fraction of sp³-hybridized carbons (Fsp3) is 0.900. The highest BCUT2D eigenvalue weighted by molar-refractivity contribution is 5.69. The van der Waals surface area contributed by atoms with Gasteiger partial charge in [0.05, 0.1) is 6.61 Å². The van der Waals surface area contributed by atoms with Gasteiger partial charge in [0, 0.05) is 6.42 Å². The van der Waals surface area contributed by atoms with Crippen molar-refractivity contribution in [3.05, 3.63) is 12.2 Å². The van der Waals surface area contributed by atoms with E-state index in [4.69, 9.17) is 4.74 Å². The lowest BCUT2D eigenvalue weighted by Crippen LogP contribution is -2.05. The van der Waals surface area contributed by atoms with E-state index in [1.165, 1.54) is 135 Å². The summed E-state index contributed by atoms with van der Waals surface area (Å²) in [4.78, 5) is 11.7. The first-order chi connectivity index (χ1) is 15.8. The van der Waals surface area contributed by atoms with Gasteiger partial charge >= 0.3 is 5.97 Å². The molecule has 0 saturated carbocycles. The van der Waals surface area contributed by atoms with Crippen LogP contribution in [0.3, 0.4) is 0 Å². The number of hydrogen-bond acceptors (Lipinski definition) is 2. The average Bonchev–Trinajstić information content (AvgIpc) is 2.80. The maximum atomic E-state index is 11.7. The van der Waals surface area contributed by atoms with Gasteiger partial charge in [0.25, 0.3) is 0 Å². The van der Waals surface area contributed by atoms with E-state index in [0.717, 1.165) is 12.8 Å². The Bertz CT molecular complexity index is 388. The number of hydrogen-bond donors (Lipinski definition) is 0. The zero-order valence-electron chi connectivity index (χ0n) is 22.1. The highest BCUT2D eigenvalue weighted by atomic mass is 16.5. The number of allylic oxidation sites excluding steroid dienone is 2. The molecule has 0 atom stereocenters. The maximum Gasteiger partial charge on any atom is 0.305 e. The zero-order valence-corrected chi connectivity index (χ0v) is 22.1. The number of ether oxygens (including phenoxy) is 1. The highest BCUT2D eigenvalue weighted by Gasteiger charge is 2.02. The van der Waals surface area contributed by atoms with E-state index < -0.39 is 0 Å². The first-order valence-electron chi connectivity index (χ1n) is 14.6. The van der Waals surface area contributed by atoms with Crippen molar-refractivity contribution in [2.45, 2.75) is 168 Å². The largest absolute Gasteiger partial charge is 0.466 e. The lowest BCUT2D eigenvalue weighted by Gasteiger charge is -2.05. The number of unbranched alkanes of at least 4 members (excludes halogenated alkanes) is 20. The Morgan fingerprint density at radius 2 is 0.875 bits per heavy atom. The summed E-state index contributed by atoms with van der Waals surface area (Å²) >= 11 is 0. The van der Waals surface area contributed by atoms with E-state index in [2.05, 4.69) is 26.0 Å². The molecule has 0 unspecified atom stereocenters. The average molecular weight is 451 g/mol. The third-order valence-electron chi connectivity index (χ3n) is 6.40. The second-order valence-electron chi connectivity index (χ2n) is 9.74. The minimum absolute atomic E-state index is 0.0135. The first kappa shape index (κ1) is 31.2. The molecule has 0 aliphatic heterocycles. The predicted octanol–water partition coefficient (Wildman–Crippen LogP) is 10.5. The van der Waals surface area contributed by atoms with Crippen LogP contribution in [0, 0.1) is 0 Å². The summed E-state index contributed by atoms with van der Waals surface area (Å²) in [5.41, 5.74) is 0. The second kappa shape index (κ2) is 28.2. The van der Waals surface area contributed by atoms with Gasteiger partial charge in [0.1, 0.15) is 0 Å². The van der Waals surface area contributed by atoms with Crippen molar-refractivity contribution in [3.8, 4) is 0 Å². The van der Waals surface area contributed by atoms with Gasteiger partial charge in [0.15, 0.2) is 0 Å². The molecule has 0 amide bonds. The molecule has 0 fully saturated rings. The van der Waals surface area contributed by atoms with Crippen molar-refractivity contribution in [1.29, 1.82) is 0 Å². The molecule has 0 rings (SSSR count). The monoisotopic (exact) mass is 450 g/mol. The fourth-order valence-electron chi connectivity index (χ4n) is 4.19. The summed E-state index contributed by atoms with van der Waals surface area (Å²) in [5.74, 6) is 0.0135. The molecule has 0 bridgehead atoms. The van der Waals surface area contributed by atoms with Crippen LogP contribution in [0.2, 0.25) is 0 Å². The molecule has 0 aromatic rings. The molecular weight excluding hydrogens is 392 g/mol. The van der Waals surface area contributed by atoms with Crippen LogP contribution in [-0.2, 0) is 9.53 Å². The summed E-state index contributed by atoms with van der Waals surface area (Å²) < 4.78 is 5.34.